The molecular formula is C19H21FN2OS. The van der Waals surface area contributed by atoms with Crippen molar-refractivity contribution in [1.82, 2.24) is 9.88 Å². The number of pyridine rings is 1. The summed E-state index contributed by atoms with van der Waals surface area (Å²) in [6.07, 6.45) is 5.49. The van der Waals surface area contributed by atoms with Crippen LogP contribution in [0.4, 0.5) is 4.39 Å². The highest BCUT2D eigenvalue weighted by Gasteiger charge is 2.26. The van der Waals surface area contributed by atoms with Gasteiger partial charge in [-0.15, -0.1) is 11.8 Å². The number of thioether (sulfide) groups is 1. The number of aromatic nitrogens is 1. The summed E-state index contributed by atoms with van der Waals surface area (Å²) in [6.45, 7) is 1.65. The normalized spacial score (nSPS) is 17.2. The van der Waals surface area contributed by atoms with E-state index in [1.54, 1.807) is 24.2 Å². The van der Waals surface area contributed by atoms with Gasteiger partial charge in [0.15, 0.2) is 0 Å². The van der Waals surface area contributed by atoms with Gasteiger partial charge < -0.3 is 4.90 Å². The van der Waals surface area contributed by atoms with Crippen LogP contribution in [-0.4, -0.2) is 34.6 Å². The van der Waals surface area contributed by atoms with Crippen LogP contribution in [0.2, 0.25) is 0 Å². The summed E-state index contributed by atoms with van der Waals surface area (Å²) >= 11 is 1.65. The van der Waals surface area contributed by atoms with Crippen LogP contribution in [0.15, 0.2) is 48.8 Å². The number of carbonyl (C=O) groups is 1. The molecule has 1 aliphatic heterocycles. The van der Waals surface area contributed by atoms with Gasteiger partial charge in [0.25, 0.3) is 0 Å². The second-order valence-corrected chi connectivity index (χ2v) is 7.16. The maximum atomic E-state index is 13.0. The SMILES string of the molecule is O=C(CSCc1ccncc1)N1CC[C@@H](Cc2ccc(F)cc2)C1. The number of amides is 1. The van der Waals surface area contributed by atoms with Crippen LogP contribution in [0, 0.1) is 11.7 Å². The van der Waals surface area contributed by atoms with Gasteiger partial charge in [-0.1, -0.05) is 12.1 Å². The van der Waals surface area contributed by atoms with Gasteiger partial charge in [0.2, 0.25) is 5.91 Å². The largest absolute Gasteiger partial charge is 0.342 e. The molecule has 1 atom stereocenters. The van der Waals surface area contributed by atoms with Crippen molar-refractivity contribution in [2.45, 2.75) is 18.6 Å². The van der Waals surface area contributed by atoms with Crippen LogP contribution in [0.5, 0.6) is 0 Å². The van der Waals surface area contributed by atoms with Gasteiger partial charge in [-0.3, -0.25) is 9.78 Å². The highest BCUT2D eigenvalue weighted by molar-refractivity contribution is 7.99. The molecule has 0 bridgehead atoms. The lowest BCUT2D eigenvalue weighted by molar-refractivity contribution is -0.127. The van der Waals surface area contributed by atoms with Crippen molar-refractivity contribution in [1.29, 1.82) is 0 Å². The number of carbonyl (C=O) groups excluding carboxylic acids is 1. The van der Waals surface area contributed by atoms with Crippen LogP contribution in [0.1, 0.15) is 17.5 Å². The molecule has 1 aromatic heterocycles. The highest BCUT2D eigenvalue weighted by Crippen LogP contribution is 2.22. The summed E-state index contributed by atoms with van der Waals surface area (Å²) in [7, 11) is 0. The first-order valence-electron chi connectivity index (χ1n) is 8.19. The predicted octanol–water partition coefficient (Wildman–Crippen LogP) is 3.55. The Bertz CT molecular complexity index is 663. The number of halogens is 1. The Morgan fingerprint density at radius 1 is 1.17 bits per heavy atom. The lowest BCUT2D eigenvalue weighted by Gasteiger charge is -2.16. The number of nitrogens with zero attached hydrogens (tertiary/aromatic N) is 2. The van der Waals surface area contributed by atoms with Gasteiger partial charge in [-0.25, -0.2) is 4.39 Å². The third-order valence-corrected chi connectivity index (χ3v) is 5.31. The third kappa shape index (κ3) is 4.81. The van der Waals surface area contributed by atoms with Crippen molar-refractivity contribution in [3.05, 3.63) is 65.7 Å². The molecule has 3 nitrogen and oxygen atoms in total. The van der Waals surface area contributed by atoms with E-state index in [4.69, 9.17) is 0 Å². The Morgan fingerprint density at radius 2 is 1.92 bits per heavy atom. The zero-order valence-electron chi connectivity index (χ0n) is 13.5. The Kier molecular flexibility index (Phi) is 5.86. The number of hydrogen-bond acceptors (Lipinski definition) is 3. The van der Waals surface area contributed by atoms with E-state index in [0.717, 1.165) is 37.2 Å². The standard InChI is InChI=1S/C19H21FN2OS/c20-18-3-1-15(2-4-18)11-17-7-10-22(12-17)19(23)14-24-13-16-5-8-21-9-6-16/h1-6,8-9,17H,7,10-14H2/t17-/m0/s1. The van der Waals surface area contributed by atoms with E-state index in [-0.39, 0.29) is 11.7 Å². The number of benzene rings is 1. The third-order valence-electron chi connectivity index (χ3n) is 4.32. The lowest BCUT2D eigenvalue weighted by Crippen LogP contribution is -2.30. The minimum atomic E-state index is -0.201. The molecule has 0 spiro atoms. The monoisotopic (exact) mass is 344 g/mol. The molecule has 2 aromatic rings. The molecule has 0 unspecified atom stereocenters. The van der Waals surface area contributed by atoms with E-state index in [1.165, 1.54) is 17.7 Å². The maximum absolute atomic E-state index is 13.0. The Hall–Kier alpha value is -1.88. The van der Waals surface area contributed by atoms with Gasteiger partial charge in [-0.05, 0) is 54.2 Å². The van der Waals surface area contributed by atoms with Crippen molar-refractivity contribution < 1.29 is 9.18 Å². The van der Waals surface area contributed by atoms with Gasteiger partial charge >= 0.3 is 0 Å². The summed E-state index contributed by atoms with van der Waals surface area (Å²) in [4.78, 5) is 18.3. The smallest absolute Gasteiger partial charge is 0.232 e. The topological polar surface area (TPSA) is 33.2 Å². The van der Waals surface area contributed by atoms with Crippen molar-refractivity contribution >= 4 is 17.7 Å². The molecule has 126 valence electrons. The van der Waals surface area contributed by atoms with Crippen molar-refractivity contribution in [2.75, 3.05) is 18.8 Å². The Labute approximate surface area is 146 Å². The fourth-order valence-electron chi connectivity index (χ4n) is 3.01. The minimum Gasteiger partial charge on any atom is -0.342 e. The molecule has 3 rings (SSSR count). The summed E-state index contributed by atoms with van der Waals surface area (Å²) in [5.41, 5.74) is 2.33. The molecule has 1 saturated heterocycles. The predicted molar refractivity (Wildman–Crippen MR) is 95.2 cm³/mol. The average molecular weight is 344 g/mol. The molecule has 0 saturated carbocycles. The molecule has 0 aliphatic carbocycles. The van der Waals surface area contributed by atoms with Crippen LogP contribution in [0.3, 0.4) is 0 Å². The molecule has 1 amide bonds. The maximum Gasteiger partial charge on any atom is 0.232 e. The molecule has 2 heterocycles. The van der Waals surface area contributed by atoms with E-state index < -0.39 is 0 Å². The van der Waals surface area contributed by atoms with Crippen molar-refractivity contribution in [3.63, 3.8) is 0 Å². The molecule has 0 N–H and O–H groups in total. The van der Waals surface area contributed by atoms with E-state index in [1.807, 2.05) is 29.2 Å². The average Bonchev–Trinajstić information content (AvgIpc) is 3.06. The molecule has 1 aromatic carbocycles. The summed E-state index contributed by atoms with van der Waals surface area (Å²) in [5, 5.41) is 0. The first-order valence-corrected chi connectivity index (χ1v) is 9.35. The molecule has 1 aliphatic rings. The fraction of sp³-hybridized carbons (Fsp3) is 0.368. The lowest BCUT2D eigenvalue weighted by atomic mass is 9.99. The quantitative estimate of drug-likeness (QED) is 0.803. The zero-order chi connectivity index (χ0) is 16.8. The van der Waals surface area contributed by atoms with Gasteiger partial charge in [0.1, 0.15) is 5.82 Å². The van der Waals surface area contributed by atoms with Crippen LogP contribution < -0.4 is 0 Å². The van der Waals surface area contributed by atoms with E-state index in [2.05, 4.69) is 4.98 Å². The number of rotatable bonds is 6. The molecule has 1 fully saturated rings. The van der Waals surface area contributed by atoms with E-state index >= 15 is 0 Å². The minimum absolute atomic E-state index is 0.201. The Morgan fingerprint density at radius 3 is 2.67 bits per heavy atom. The van der Waals surface area contributed by atoms with Gasteiger partial charge in [-0.2, -0.15) is 0 Å². The second kappa shape index (κ2) is 8.29. The zero-order valence-corrected chi connectivity index (χ0v) is 14.3. The molecule has 0 radical (unpaired) electrons. The first-order chi connectivity index (χ1) is 11.7. The fourth-order valence-corrected chi connectivity index (χ4v) is 3.89. The van der Waals surface area contributed by atoms with Gasteiger partial charge in [0, 0.05) is 31.2 Å². The van der Waals surface area contributed by atoms with E-state index in [9.17, 15) is 9.18 Å². The number of hydrogen-bond donors (Lipinski definition) is 0. The number of likely N-dealkylation sites (tertiary alicyclic amines) is 1. The van der Waals surface area contributed by atoms with Crippen molar-refractivity contribution in [2.24, 2.45) is 5.92 Å². The Balaban J connectivity index is 1.41. The van der Waals surface area contributed by atoms with E-state index in [0.29, 0.717) is 11.7 Å². The van der Waals surface area contributed by atoms with Crippen LogP contribution in [0.25, 0.3) is 0 Å². The van der Waals surface area contributed by atoms with Crippen LogP contribution in [-0.2, 0) is 17.0 Å². The van der Waals surface area contributed by atoms with Gasteiger partial charge in [0.05, 0.1) is 5.75 Å². The molecular weight excluding hydrogens is 323 g/mol. The summed E-state index contributed by atoms with van der Waals surface area (Å²) in [5.74, 6) is 1.85. The highest BCUT2D eigenvalue weighted by atomic mass is 32.2. The molecule has 24 heavy (non-hydrogen) atoms. The molecule has 5 heteroatoms. The van der Waals surface area contributed by atoms with Crippen molar-refractivity contribution in [3.8, 4) is 0 Å². The summed E-state index contributed by atoms with van der Waals surface area (Å²) in [6, 6.07) is 10.6. The van der Waals surface area contributed by atoms with Crippen LogP contribution >= 0.6 is 11.8 Å². The second-order valence-electron chi connectivity index (χ2n) is 6.17. The first kappa shape index (κ1) is 17.0. The summed E-state index contributed by atoms with van der Waals surface area (Å²) < 4.78 is 13.0.